The summed E-state index contributed by atoms with van der Waals surface area (Å²) < 4.78 is 12.3. The Morgan fingerprint density at radius 1 is 1.31 bits per heavy atom. The predicted octanol–water partition coefficient (Wildman–Crippen LogP) is 2.84. The molecule has 1 heterocycles. The van der Waals surface area contributed by atoms with E-state index in [0.717, 1.165) is 28.8 Å². The first kappa shape index (κ1) is 19.0. The number of benzene rings is 1. The lowest BCUT2D eigenvalue weighted by Gasteiger charge is -2.21. The van der Waals surface area contributed by atoms with E-state index in [-0.39, 0.29) is 0 Å². The molecule has 0 saturated heterocycles. The Bertz CT molecular complexity index is 750. The Hall–Kier alpha value is -1.73. The molecule has 2 aromatic rings. The van der Waals surface area contributed by atoms with E-state index in [0.29, 0.717) is 12.3 Å². The smallest absolute Gasteiger partial charge is 0.193 e. The second-order valence-corrected chi connectivity index (χ2v) is 9.12. The standard InChI is InChI=1S/C19H26N4OS2/c1-20-19(21-12-13-26(24)15-8-4-3-5-9-15)23(2)14-18-22-16-10-6-7-11-17(16)25-18/h3-5,8-9H,6-7,10-14H2,1-2H3,(H,20,21). The van der Waals surface area contributed by atoms with Crippen LogP contribution in [0.5, 0.6) is 0 Å². The van der Waals surface area contributed by atoms with Gasteiger partial charge in [-0.25, -0.2) is 4.98 Å². The normalized spacial score (nSPS) is 15.4. The van der Waals surface area contributed by atoms with Crippen molar-refractivity contribution >= 4 is 28.1 Å². The van der Waals surface area contributed by atoms with Crippen LogP contribution in [0.4, 0.5) is 0 Å². The van der Waals surface area contributed by atoms with Crippen molar-refractivity contribution in [2.45, 2.75) is 37.1 Å². The minimum absolute atomic E-state index is 0.558. The Balaban J connectivity index is 1.50. The quantitative estimate of drug-likeness (QED) is 0.609. The van der Waals surface area contributed by atoms with E-state index in [1.165, 1.54) is 29.8 Å². The highest BCUT2D eigenvalue weighted by molar-refractivity contribution is 7.85. The van der Waals surface area contributed by atoms with E-state index in [4.69, 9.17) is 4.98 Å². The third-order valence-corrected chi connectivity index (χ3v) is 6.93. The first-order valence-electron chi connectivity index (χ1n) is 9.00. The summed E-state index contributed by atoms with van der Waals surface area (Å²) in [5.41, 5.74) is 1.30. The van der Waals surface area contributed by atoms with Gasteiger partial charge in [0.15, 0.2) is 5.96 Å². The molecule has 140 valence electrons. The van der Waals surface area contributed by atoms with Crippen molar-refractivity contribution in [3.63, 3.8) is 0 Å². The van der Waals surface area contributed by atoms with E-state index in [9.17, 15) is 4.21 Å². The molecule has 1 unspecified atom stereocenters. The maximum Gasteiger partial charge on any atom is 0.193 e. The summed E-state index contributed by atoms with van der Waals surface area (Å²) in [5.74, 6) is 1.37. The van der Waals surface area contributed by atoms with Crippen LogP contribution in [0.25, 0.3) is 0 Å². The van der Waals surface area contributed by atoms with Crippen molar-refractivity contribution in [1.82, 2.24) is 15.2 Å². The fourth-order valence-corrected chi connectivity index (χ4v) is 5.28. The Labute approximate surface area is 162 Å². The molecule has 1 aromatic carbocycles. The summed E-state index contributed by atoms with van der Waals surface area (Å²) >= 11 is 1.83. The number of aromatic nitrogens is 1. The lowest BCUT2D eigenvalue weighted by molar-refractivity contribution is 0.477. The van der Waals surface area contributed by atoms with Gasteiger partial charge < -0.3 is 10.2 Å². The van der Waals surface area contributed by atoms with Crippen molar-refractivity contribution in [2.75, 3.05) is 26.4 Å². The summed E-state index contributed by atoms with van der Waals surface area (Å²) in [6.07, 6.45) is 4.84. The average Bonchev–Trinajstić information content (AvgIpc) is 3.07. The number of hydrogen-bond donors (Lipinski definition) is 1. The van der Waals surface area contributed by atoms with Gasteiger partial charge in [-0.3, -0.25) is 9.20 Å². The first-order valence-corrected chi connectivity index (χ1v) is 11.1. The van der Waals surface area contributed by atoms with Gasteiger partial charge in [0, 0.05) is 36.2 Å². The van der Waals surface area contributed by atoms with Crippen LogP contribution in [0.2, 0.25) is 0 Å². The van der Waals surface area contributed by atoms with Crippen LogP contribution in [0.1, 0.15) is 28.4 Å². The van der Waals surface area contributed by atoms with E-state index >= 15 is 0 Å². The fraction of sp³-hybridized carbons (Fsp3) is 0.474. The highest BCUT2D eigenvalue weighted by Gasteiger charge is 2.17. The van der Waals surface area contributed by atoms with Crippen LogP contribution in [0.3, 0.4) is 0 Å². The number of thiazole rings is 1. The zero-order valence-electron chi connectivity index (χ0n) is 15.4. The van der Waals surface area contributed by atoms with Crippen LogP contribution in [0.15, 0.2) is 40.2 Å². The summed E-state index contributed by atoms with van der Waals surface area (Å²) in [6, 6.07) is 9.58. The zero-order valence-corrected chi connectivity index (χ0v) is 17.0. The van der Waals surface area contributed by atoms with Gasteiger partial charge in [0.05, 0.1) is 23.0 Å². The number of aliphatic imine (C=N–C) groups is 1. The van der Waals surface area contributed by atoms with Gasteiger partial charge in [0.25, 0.3) is 0 Å². The topological polar surface area (TPSA) is 57.6 Å². The second kappa shape index (κ2) is 9.28. The number of nitrogens with zero attached hydrogens (tertiary/aromatic N) is 3. The lowest BCUT2D eigenvalue weighted by Crippen LogP contribution is -2.40. The minimum atomic E-state index is -0.995. The summed E-state index contributed by atoms with van der Waals surface area (Å²) in [7, 11) is 2.80. The van der Waals surface area contributed by atoms with Gasteiger partial charge in [0.1, 0.15) is 5.01 Å². The summed E-state index contributed by atoms with van der Waals surface area (Å²) in [5, 5.41) is 4.46. The van der Waals surface area contributed by atoms with Crippen molar-refractivity contribution in [2.24, 2.45) is 4.99 Å². The van der Waals surface area contributed by atoms with Gasteiger partial charge in [-0.1, -0.05) is 18.2 Å². The maximum absolute atomic E-state index is 12.3. The molecule has 0 saturated carbocycles. The summed E-state index contributed by atoms with van der Waals surface area (Å²) in [4.78, 5) is 13.6. The van der Waals surface area contributed by atoms with Gasteiger partial charge in [0.2, 0.25) is 0 Å². The van der Waals surface area contributed by atoms with E-state index in [1.807, 2.05) is 48.7 Å². The van der Waals surface area contributed by atoms with Crippen molar-refractivity contribution in [1.29, 1.82) is 0 Å². The molecule has 5 nitrogen and oxygen atoms in total. The molecule has 1 aliphatic rings. The maximum atomic E-state index is 12.3. The molecule has 0 amide bonds. The van der Waals surface area contributed by atoms with Crippen molar-refractivity contribution in [3.8, 4) is 0 Å². The molecule has 0 bridgehead atoms. The molecular formula is C19H26N4OS2. The monoisotopic (exact) mass is 390 g/mol. The fourth-order valence-electron chi connectivity index (χ4n) is 3.08. The highest BCUT2D eigenvalue weighted by Crippen LogP contribution is 2.27. The number of rotatable bonds is 6. The van der Waals surface area contributed by atoms with Gasteiger partial charge in [-0.05, 0) is 37.8 Å². The molecule has 1 atom stereocenters. The van der Waals surface area contributed by atoms with Crippen LogP contribution in [-0.4, -0.2) is 46.4 Å². The molecule has 0 fully saturated rings. The third kappa shape index (κ3) is 4.92. The highest BCUT2D eigenvalue weighted by atomic mass is 32.2. The molecule has 0 spiro atoms. The molecule has 26 heavy (non-hydrogen) atoms. The average molecular weight is 391 g/mol. The van der Waals surface area contributed by atoms with Crippen LogP contribution in [-0.2, 0) is 30.2 Å². The second-order valence-electron chi connectivity index (χ2n) is 6.38. The number of nitrogens with one attached hydrogen (secondary N) is 1. The molecule has 1 aromatic heterocycles. The number of guanidine groups is 1. The molecule has 3 rings (SSSR count). The van der Waals surface area contributed by atoms with Gasteiger partial charge >= 0.3 is 0 Å². The number of aryl methyl sites for hydroxylation is 2. The Morgan fingerprint density at radius 2 is 2.08 bits per heavy atom. The summed E-state index contributed by atoms with van der Waals surface area (Å²) in [6.45, 7) is 1.37. The zero-order chi connectivity index (χ0) is 18.4. The SMILES string of the molecule is CN=C(NCCS(=O)c1ccccc1)N(C)Cc1nc2c(s1)CCCC2. The molecular weight excluding hydrogens is 364 g/mol. The van der Waals surface area contributed by atoms with Gasteiger partial charge in [-0.2, -0.15) is 0 Å². The Kier molecular flexibility index (Phi) is 6.80. The third-order valence-electron chi connectivity index (χ3n) is 4.41. The molecule has 0 aliphatic heterocycles. The van der Waals surface area contributed by atoms with E-state index in [2.05, 4.69) is 15.2 Å². The van der Waals surface area contributed by atoms with Crippen LogP contribution in [0, 0.1) is 0 Å². The van der Waals surface area contributed by atoms with E-state index < -0.39 is 10.8 Å². The molecule has 1 aliphatic carbocycles. The van der Waals surface area contributed by atoms with E-state index in [1.54, 1.807) is 7.05 Å². The lowest BCUT2D eigenvalue weighted by atomic mass is 10.0. The first-order chi connectivity index (χ1) is 12.7. The minimum Gasteiger partial charge on any atom is -0.355 e. The predicted molar refractivity (Wildman–Crippen MR) is 109 cm³/mol. The molecule has 7 heteroatoms. The van der Waals surface area contributed by atoms with Gasteiger partial charge in [-0.15, -0.1) is 11.3 Å². The van der Waals surface area contributed by atoms with Crippen molar-refractivity contribution < 1.29 is 4.21 Å². The van der Waals surface area contributed by atoms with Crippen LogP contribution >= 0.6 is 11.3 Å². The largest absolute Gasteiger partial charge is 0.355 e. The molecule has 0 radical (unpaired) electrons. The number of fused-ring (bicyclic) bond motifs is 1. The number of hydrogen-bond acceptors (Lipinski definition) is 4. The van der Waals surface area contributed by atoms with Crippen molar-refractivity contribution in [3.05, 3.63) is 45.9 Å². The Morgan fingerprint density at radius 3 is 2.81 bits per heavy atom. The molecule has 1 N–H and O–H groups in total. The van der Waals surface area contributed by atoms with Crippen LogP contribution < -0.4 is 5.32 Å².